The fourth-order valence-electron chi connectivity index (χ4n) is 3.34. The van der Waals surface area contributed by atoms with E-state index in [9.17, 15) is 9.59 Å². The SMILES string of the molecule is CCCCCOc1ccc(C(=O)Nc2ccccc2C(=O)NCC2CCCO2)cc1. The third-order valence-electron chi connectivity index (χ3n) is 5.07. The molecule has 1 unspecified atom stereocenters. The molecule has 1 aliphatic rings. The average molecular weight is 411 g/mol. The van der Waals surface area contributed by atoms with Crippen molar-refractivity contribution in [1.82, 2.24) is 5.32 Å². The second-order valence-corrected chi connectivity index (χ2v) is 7.42. The molecule has 1 fully saturated rings. The number of hydrogen-bond donors (Lipinski definition) is 2. The molecule has 3 rings (SSSR count). The van der Waals surface area contributed by atoms with E-state index in [-0.39, 0.29) is 17.9 Å². The van der Waals surface area contributed by atoms with Crippen LogP contribution in [0.2, 0.25) is 0 Å². The van der Waals surface area contributed by atoms with E-state index in [1.165, 1.54) is 0 Å². The molecule has 1 heterocycles. The first kappa shape index (κ1) is 21.8. The lowest BCUT2D eigenvalue weighted by molar-refractivity contribution is 0.0858. The van der Waals surface area contributed by atoms with Crippen molar-refractivity contribution >= 4 is 17.5 Å². The number of amides is 2. The number of unbranched alkanes of at least 4 members (excludes halogenated alkanes) is 2. The minimum atomic E-state index is -0.271. The van der Waals surface area contributed by atoms with Crippen molar-refractivity contribution in [2.24, 2.45) is 0 Å². The largest absolute Gasteiger partial charge is 0.494 e. The highest BCUT2D eigenvalue weighted by Crippen LogP contribution is 2.19. The molecule has 2 aromatic rings. The summed E-state index contributed by atoms with van der Waals surface area (Å²) in [6.07, 6.45) is 5.35. The van der Waals surface area contributed by atoms with Crippen LogP contribution in [-0.4, -0.2) is 37.7 Å². The van der Waals surface area contributed by atoms with Crippen LogP contribution in [0, 0.1) is 0 Å². The number of anilines is 1. The Kier molecular flexibility index (Phi) is 8.27. The van der Waals surface area contributed by atoms with E-state index in [1.54, 1.807) is 48.5 Å². The van der Waals surface area contributed by atoms with Crippen molar-refractivity contribution in [2.75, 3.05) is 25.1 Å². The van der Waals surface area contributed by atoms with Gasteiger partial charge in [0.2, 0.25) is 0 Å². The molecule has 0 aromatic heterocycles. The third-order valence-corrected chi connectivity index (χ3v) is 5.07. The van der Waals surface area contributed by atoms with E-state index in [4.69, 9.17) is 9.47 Å². The van der Waals surface area contributed by atoms with Gasteiger partial charge in [0.15, 0.2) is 0 Å². The first-order valence-corrected chi connectivity index (χ1v) is 10.7. The van der Waals surface area contributed by atoms with Crippen LogP contribution in [0.1, 0.15) is 59.7 Å². The van der Waals surface area contributed by atoms with Gasteiger partial charge in [-0.2, -0.15) is 0 Å². The number of nitrogens with one attached hydrogen (secondary N) is 2. The highest BCUT2D eigenvalue weighted by Gasteiger charge is 2.18. The number of carbonyl (C=O) groups is 2. The van der Waals surface area contributed by atoms with Gasteiger partial charge in [-0.3, -0.25) is 9.59 Å². The van der Waals surface area contributed by atoms with E-state index in [1.807, 2.05) is 0 Å². The maximum Gasteiger partial charge on any atom is 0.255 e. The maximum atomic E-state index is 12.7. The van der Waals surface area contributed by atoms with Crippen molar-refractivity contribution in [3.8, 4) is 5.75 Å². The molecule has 6 heteroatoms. The lowest BCUT2D eigenvalue weighted by Crippen LogP contribution is -2.32. The van der Waals surface area contributed by atoms with Crippen LogP contribution in [0.3, 0.4) is 0 Å². The Balaban J connectivity index is 1.57. The van der Waals surface area contributed by atoms with Crippen LogP contribution in [0.4, 0.5) is 5.69 Å². The van der Waals surface area contributed by atoms with Gasteiger partial charge in [-0.15, -0.1) is 0 Å². The molecular formula is C24H30N2O4. The van der Waals surface area contributed by atoms with Crippen LogP contribution >= 0.6 is 0 Å². The first-order chi connectivity index (χ1) is 14.7. The van der Waals surface area contributed by atoms with Crippen molar-refractivity contribution < 1.29 is 19.1 Å². The summed E-state index contributed by atoms with van der Waals surface area (Å²) in [5.74, 6) is 0.251. The summed E-state index contributed by atoms with van der Waals surface area (Å²) < 4.78 is 11.2. The van der Waals surface area contributed by atoms with Crippen LogP contribution in [-0.2, 0) is 4.74 Å². The van der Waals surface area contributed by atoms with E-state index in [0.29, 0.717) is 30.0 Å². The Morgan fingerprint density at radius 3 is 2.60 bits per heavy atom. The molecule has 0 radical (unpaired) electrons. The highest BCUT2D eigenvalue weighted by molar-refractivity contribution is 6.09. The highest BCUT2D eigenvalue weighted by atomic mass is 16.5. The average Bonchev–Trinajstić information content (AvgIpc) is 3.29. The van der Waals surface area contributed by atoms with E-state index >= 15 is 0 Å². The fourth-order valence-corrected chi connectivity index (χ4v) is 3.34. The van der Waals surface area contributed by atoms with Crippen LogP contribution < -0.4 is 15.4 Å². The maximum absolute atomic E-state index is 12.7. The predicted molar refractivity (Wildman–Crippen MR) is 117 cm³/mol. The lowest BCUT2D eigenvalue weighted by atomic mass is 10.1. The molecule has 0 saturated carbocycles. The molecule has 0 spiro atoms. The van der Waals surface area contributed by atoms with Gasteiger partial charge in [0.05, 0.1) is 24.0 Å². The third kappa shape index (κ3) is 6.32. The van der Waals surface area contributed by atoms with Crippen molar-refractivity contribution in [3.63, 3.8) is 0 Å². The Morgan fingerprint density at radius 2 is 1.87 bits per heavy atom. The van der Waals surface area contributed by atoms with Crippen LogP contribution in [0.15, 0.2) is 48.5 Å². The van der Waals surface area contributed by atoms with Crippen LogP contribution in [0.25, 0.3) is 0 Å². The summed E-state index contributed by atoms with van der Waals surface area (Å²) in [7, 11) is 0. The summed E-state index contributed by atoms with van der Waals surface area (Å²) in [5, 5.41) is 5.74. The molecule has 0 aliphatic carbocycles. The van der Waals surface area contributed by atoms with Gasteiger partial charge in [0, 0.05) is 18.7 Å². The molecule has 1 atom stereocenters. The van der Waals surface area contributed by atoms with Gasteiger partial charge in [0.25, 0.3) is 11.8 Å². The van der Waals surface area contributed by atoms with Gasteiger partial charge < -0.3 is 20.1 Å². The summed E-state index contributed by atoms with van der Waals surface area (Å²) >= 11 is 0. The van der Waals surface area contributed by atoms with E-state index in [0.717, 1.165) is 44.5 Å². The topological polar surface area (TPSA) is 76.7 Å². The zero-order chi connectivity index (χ0) is 21.2. The molecule has 2 N–H and O–H groups in total. The van der Waals surface area contributed by atoms with E-state index in [2.05, 4.69) is 17.6 Å². The van der Waals surface area contributed by atoms with Crippen molar-refractivity contribution in [3.05, 3.63) is 59.7 Å². The summed E-state index contributed by atoms with van der Waals surface area (Å²) in [5.41, 5.74) is 1.41. The molecule has 1 saturated heterocycles. The normalized spacial score (nSPS) is 15.6. The molecule has 2 aromatic carbocycles. The number of hydrogen-bond acceptors (Lipinski definition) is 4. The Labute approximate surface area is 178 Å². The van der Waals surface area contributed by atoms with E-state index < -0.39 is 0 Å². The summed E-state index contributed by atoms with van der Waals surface area (Å²) in [4.78, 5) is 25.3. The number of rotatable bonds is 10. The molecule has 0 bridgehead atoms. The fraction of sp³-hybridized carbons (Fsp3) is 0.417. The number of ether oxygens (including phenoxy) is 2. The zero-order valence-corrected chi connectivity index (χ0v) is 17.5. The van der Waals surface area contributed by atoms with Gasteiger partial charge >= 0.3 is 0 Å². The minimum Gasteiger partial charge on any atom is -0.494 e. The van der Waals surface area contributed by atoms with Crippen molar-refractivity contribution in [1.29, 1.82) is 0 Å². The number of benzene rings is 2. The van der Waals surface area contributed by atoms with Crippen LogP contribution in [0.5, 0.6) is 5.75 Å². The van der Waals surface area contributed by atoms with Gasteiger partial charge in [-0.05, 0) is 55.7 Å². The number of para-hydroxylation sites is 1. The number of carbonyl (C=O) groups excluding carboxylic acids is 2. The van der Waals surface area contributed by atoms with Gasteiger partial charge in [-0.1, -0.05) is 31.9 Å². The lowest BCUT2D eigenvalue weighted by Gasteiger charge is -2.14. The Hall–Kier alpha value is -2.86. The van der Waals surface area contributed by atoms with Crippen molar-refractivity contribution in [2.45, 2.75) is 45.1 Å². The summed E-state index contributed by atoms with van der Waals surface area (Å²) in [6, 6.07) is 14.0. The Bertz CT molecular complexity index is 829. The predicted octanol–water partition coefficient (Wildman–Crippen LogP) is 4.42. The first-order valence-electron chi connectivity index (χ1n) is 10.7. The monoisotopic (exact) mass is 410 g/mol. The molecule has 30 heavy (non-hydrogen) atoms. The smallest absolute Gasteiger partial charge is 0.255 e. The Morgan fingerprint density at radius 1 is 1.07 bits per heavy atom. The molecule has 6 nitrogen and oxygen atoms in total. The zero-order valence-electron chi connectivity index (χ0n) is 17.5. The second-order valence-electron chi connectivity index (χ2n) is 7.42. The van der Waals surface area contributed by atoms with Gasteiger partial charge in [-0.25, -0.2) is 0 Å². The molecule has 1 aliphatic heterocycles. The second kappa shape index (κ2) is 11.4. The quantitative estimate of drug-likeness (QED) is 0.569. The molecule has 160 valence electrons. The molecular weight excluding hydrogens is 380 g/mol. The minimum absolute atomic E-state index is 0.0680. The molecule has 2 amide bonds. The van der Waals surface area contributed by atoms with Gasteiger partial charge in [0.1, 0.15) is 5.75 Å². The standard InChI is InChI=1S/C24H30N2O4/c1-2-3-6-15-29-19-13-11-18(12-14-19)23(27)26-22-10-5-4-9-21(22)24(28)25-17-20-8-7-16-30-20/h4-5,9-14,20H,2-3,6-8,15-17H2,1H3,(H,25,28)(H,26,27). The summed E-state index contributed by atoms with van der Waals surface area (Å²) in [6.45, 7) is 4.05.